The number of hydrogen-bond acceptors (Lipinski definition) is 3. The monoisotopic (exact) mass is 346 g/mol. The number of nitro benzene ring substituents is 1. The molecule has 4 nitrogen and oxygen atoms in total. The van der Waals surface area contributed by atoms with Gasteiger partial charge in [0.15, 0.2) is 0 Å². The number of anilines is 1. The smallest absolute Gasteiger partial charge is 0.273 e. The summed E-state index contributed by atoms with van der Waals surface area (Å²) in [5, 5.41) is 14.4. The summed E-state index contributed by atoms with van der Waals surface area (Å²) < 4.78 is 0.735. The van der Waals surface area contributed by atoms with Gasteiger partial charge in [-0.1, -0.05) is 30.3 Å². The van der Waals surface area contributed by atoms with Gasteiger partial charge in [0.2, 0.25) is 0 Å². The SMILES string of the molecule is Cc1cc(NC2CC2c2ccccc2)c(Br)cc1[N+](=O)[O-]. The summed E-state index contributed by atoms with van der Waals surface area (Å²) in [6, 6.07) is 14.2. The van der Waals surface area contributed by atoms with Crippen LogP contribution in [0.1, 0.15) is 23.5 Å². The van der Waals surface area contributed by atoms with Crippen LogP contribution in [0.2, 0.25) is 0 Å². The molecule has 0 aliphatic heterocycles. The van der Waals surface area contributed by atoms with Gasteiger partial charge in [-0.15, -0.1) is 0 Å². The summed E-state index contributed by atoms with van der Waals surface area (Å²) in [6.45, 7) is 1.76. The first-order valence-corrected chi connectivity index (χ1v) is 7.61. The predicted octanol–water partition coefficient (Wildman–Crippen LogP) is 4.63. The van der Waals surface area contributed by atoms with E-state index < -0.39 is 0 Å². The second kappa shape index (κ2) is 5.48. The lowest BCUT2D eigenvalue weighted by atomic mass is 10.1. The van der Waals surface area contributed by atoms with Crippen LogP contribution in [-0.2, 0) is 0 Å². The number of nitrogens with one attached hydrogen (secondary N) is 1. The van der Waals surface area contributed by atoms with E-state index in [1.165, 1.54) is 5.56 Å². The molecule has 0 heterocycles. The Morgan fingerprint density at radius 3 is 2.67 bits per heavy atom. The third-order valence-electron chi connectivity index (χ3n) is 3.84. The Morgan fingerprint density at radius 1 is 1.29 bits per heavy atom. The quantitative estimate of drug-likeness (QED) is 0.648. The average Bonchev–Trinajstić information content (AvgIpc) is 3.22. The summed E-state index contributed by atoms with van der Waals surface area (Å²) in [7, 11) is 0. The number of aryl methyl sites for hydroxylation is 1. The zero-order valence-electron chi connectivity index (χ0n) is 11.5. The minimum atomic E-state index is -0.353. The molecule has 1 N–H and O–H groups in total. The molecule has 0 spiro atoms. The van der Waals surface area contributed by atoms with Gasteiger partial charge in [0, 0.05) is 33.7 Å². The zero-order valence-corrected chi connectivity index (χ0v) is 13.1. The molecule has 1 fully saturated rings. The molecule has 2 aromatic rings. The number of hydrogen-bond donors (Lipinski definition) is 1. The first kappa shape index (κ1) is 14.1. The van der Waals surface area contributed by atoms with E-state index in [1.807, 2.05) is 12.1 Å². The van der Waals surface area contributed by atoms with E-state index in [0.29, 0.717) is 17.5 Å². The van der Waals surface area contributed by atoms with E-state index >= 15 is 0 Å². The zero-order chi connectivity index (χ0) is 15.0. The van der Waals surface area contributed by atoms with Crippen molar-refractivity contribution in [1.82, 2.24) is 0 Å². The van der Waals surface area contributed by atoms with E-state index in [-0.39, 0.29) is 10.6 Å². The van der Waals surface area contributed by atoms with Crippen LogP contribution < -0.4 is 5.32 Å². The predicted molar refractivity (Wildman–Crippen MR) is 86.7 cm³/mol. The standard InChI is InChI=1S/C16H15BrN2O2/c1-10-7-15(13(17)9-16(10)19(20)21)18-14-8-12(14)11-5-3-2-4-6-11/h2-7,9,12,14,18H,8H2,1H3. The van der Waals surface area contributed by atoms with Crippen molar-refractivity contribution in [2.24, 2.45) is 0 Å². The van der Waals surface area contributed by atoms with Crippen molar-refractivity contribution >= 4 is 27.3 Å². The number of halogens is 1. The third kappa shape index (κ3) is 2.93. The van der Waals surface area contributed by atoms with Gasteiger partial charge in [-0.25, -0.2) is 0 Å². The lowest BCUT2D eigenvalue weighted by molar-refractivity contribution is -0.385. The molecule has 0 aromatic heterocycles. The van der Waals surface area contributed by atoms with E-state index in [9.17, 15) is 10.1 Å². The first-order valence-electron chi connectivity index (χ1n) is 6.82. The van der Waals surface area contributed by atoms with Gasteiger partial charge in [0.05, 0.1) is 4.92 Å². The lowest BCUT2D eigenvalue weighted by Gasteiger charge is -2.10. The van der Waals surface area contributed by atoms with Crippen LogP contribution in [0, 0.1) is 17.0 Å². The molecule has 0 bridgehead atoms. The highest BCUT2D eigenvalue weighted by Crippen LogP contribution is 2.44. The van der Waals surface area contributed by atoms with Crippen LogP contribution in [0.4, 0.5) is 11.4 Å². The molecule has 1 aliphatic carbocycles. The maximum Gasteiger partial charge on any atom is 0.273 e. The van der Waals surface area contributed by atoms with E-state index in [1.54, 1.807) is 13.0 Å². The molecule has 1 saturated carbocycles. The molecule has 0 saturated heterocycles. The second-order valence-electron chi connectivity index (χ2n) is 5.38. The van der Waals surface area contributed by atoms with Crippen molar-refractivity contribution in [3.05, 3.63) is 68.2 Å². The van der Waals surface area contributed by atoms with Crippen molar-refractivity contribution in [1.29, 1.82) is 0 Å². The van der Waals surface area contributed by atoms with Gasteiger partial charge in [-0.05, 0) is 40.9 Å². The molecule has 3 rings (SSSR count). The van der Waals surface area contributed by atoms with Crippen LogP contribution in [0.25, 0.3) is 0 Å². The minimum absolute atomic E-state index is 0.142. The Morgan fingerprint density at radius 2 is 2.00 bits per heavy atom. The van der Waals surface area contributed by atoms with Crippen LogP contribution >= 0.6 is 15.9 Å². The minimum Gasteiger partial charge on any atom is -0.381 e. The number of rotatable bonds is 4. The maximum absolute atomic E-state index is 10.9. The van der Waals surface area contributed by atoms with Crippen molar-refractivity contribution in [3.63, 3.8) is 0 Å². The van der Waals surface area contributed by atoms with Crippen molar-refractivity contribution in [2.75, 3.05) is 5.32 Å². The lowest BCUT2D eigenvalue weighted by Crippen LogP contribution is -2.05. The molecule has 5 heteroatoms. The topological polar surface area (TPSA) is 55.2 Å². The maximum atomic E-state index is 10.9. The average molecular weight is 347 g/mol. The number of nitro groups is 1. The fourth-order valence-electron chi connectivity index (χ4n) is 2.60. The Kier molecular flexibility index (Phi) is 3.68. The number of nitrogens with zero attached hydrogens (tertiary/aromatic N) is 1. The van der Waals surface area contributed by atoms with Gasteiger partial charge in [0.1, 0.15) is 0 Å². The van der Waals surface area contributed by atoms with Crippen LogP contribution in [-0.4, -0.2) is 11.0 Å². The molecular weight excluding hydrogens is 332 g/mol. The summed E-state index contributed by atoms with van der Waals surface area (Å²) >= 11 is 3.42. The molecule has 108 valence electrons. The van der Waals surface area contributed by atoms with Crippen molar-refractivity contribution < 1.29 is 4.92 Å². The molecule has 1 aliphatic rings. The molecule has 21 heavy (non-hydrogen) atoms. The molecule has 2 atom stereocenters. The molecule has 2 unspecified atom stereocenters. The Bertz CT molecular complexity index is 688. The van der Waals surface area contributed by atoms with Crippen molar-refractivity contribution in [3.8, 4) is 0 Å². The molecular formula is C16H15BrN2O2. The van der Waals surface area contributed by atoms with Gasteiger partial charge < -0.3 is 5.32 Å². The van der Waals surface area contributed by atoms with Gasteiger partial charge in [-0.3, -0.25) is 10.1 Å². The fourth-order valence-corrected chi connectivity index (χ4v) is 3.05. The van der Waals surface area contributed by atoms with E-state index in [2.05, 4.69) is 45.5 Å². The highest BCUT2D eigenvalue weighted by molar-refractivity contribution is 9.10. The Balaban J connectivity index is 1.75. The van der Waals surface area contributed by atoms with Gasteiger partial charge in [0.25, 0.3) is 5.69 Å². The van der Waals surface area contributed by atoms with Crippen molar-refractivity contribution in [2.45, 2.75) is 25.3 Å². The highest BCUT2D eigenvalue weighted by Gasteiger charge is 2.38. The fraction of sp³-hybridized carbons (Fsp3) is 0.250. The van der Waals surface area contributed by atoms with Gasteiger partial charge in [-0.2, -0.15) is 0 Å². The molecule has 0 radical (unpaired) electrons. The normalized spacial score (nSPS) is 20.1. The Labute approximate surface area is 131 Å². The summed E-state index contributed by atoms with van der Waals surface area (Å²) in [5.74, 6) is 0.522. The first-order chi connectivity index (χ1) is 10.1. The van der Waals surface area contributed by atoms with Crippen LogP contribution in [0.3, 0.4) is 0 Å². The molecule has 0 amide bonds. The van der Waals surface area contributed by atoms with Gasteiger partial charge >= 0.3 is 0 Å². The molecule has 2 aromatic carbocycles. The largest absolute Gasteiger partial charge is 0.381 e. The second-order valence-corrected chi connectivity index (χ2v) is 6.23. The van der Waals surface area contributed by atoms with Crippen LogP contribution in [0.5, 0.6) is 0 Å². The summed E-state index contributed by atoms with van der Waals surface area (Å²) in [4.78, 5) is 10.6. The third-order valence-corrected chi connectivity index (χ3v) is 4.50. The summed E-state index contributed by atoms with van der Waals surface area (Å²) in [6.07, 6.45) is 1.09. The van der Waals surface area contributed by atoms with E-state index in [4.69, 9.17) is 0 Å². The Hall–Kier alpha value is -1.88. The highest BCUT2D eigenvalue weighted by atomic mass is 79.9. The summed E-state index contributed by atoms with van der Waals surface area (Å²) in [5.41, 5.74) is 3.07. The van der Waals surface area contributed by atoms with E-state index in [0.717, 1.165) is 16.6 Å². The number of benzene rings is 2. The van der Waals surface area contributed by atoms with Crippen LogP contribution in [0.15, 0.2) is 46.9 Å².